The van der Waals surface area contributed by atoms with Crippen LogP contribution < -0.4 is 0 Å². The predicted octanol–water partition coefficient (Wildman–Crippen LogP) is 4.92. The van der Waals surface area contributed by atoms with Gasteiger partial charge >= 0.3 is 0 Å². The van der Waals surface area contributed by atoms with Crippen LogP contribution in [-0.2, 0) is 6.42 Å². The summed E-state index contributed by atoms with van der Waals surface area (Å²) in [5, 5.41) is 0. The Hall–Kier alpha value is -1.27. The van der Waals surface area contributed by atoms with Crippen molar-refractivity contribution in [2.24, 2.45) is 0 Å². The van der Waals surface area contributed by atoms with Crippen LogP contribution in [0.5, 0.6) is 0 Å². The van der Waals surface area contributed by atoms with Crippen molar-refractivity contribution in [1.29, 1.82) is 0 Å². The summed E-state index contributed by atoms with van der Waals surface area (Å²) in [6.45, 7) is 0. The largest absolute Gasteiger partial charge is 0.127 e. The monoisotopic (exact) mass is 244 g/mol. The minimum atomic E-state index is 0.762. The molecule has 0 saturated heterocycles. The Labute approximate surface area is 108 Å². The van der Waals surface area contributed by atoms with Crippen LogP contribution in [0.4, 0.5) is 0 Å². The Morgan fingerprint density at radius 2 is 1.53 bits per heavy atom. The van der Waals surface area contributed by atoms with E-state index in [9.17, 15) is 0 Å². The highest BCUT2D eigenvalue weighted by molar-refractivity contribution is 6.17. The molecule has 0 saturated carbocycles. The molecule has 17 heavy (non-hydrogen) atoms. The van der Waals surface area contributed by atoms with Crippen molar-refractivity contribution in [3.8, 4) is 11.1 Å². The van der Waals surface area contributed by atoms with Crippen molar-refractivity contribution in [1.82, 2.24) is 0 Å². The Balaban J connectivity index is 2.12. The smallest absolute Gasteiger partial charge is 0.0223 e. The topological polar surface area (TPSA) is 0 Å². The lowest BCUT2D eigenvalue weighted by molar-refractivity contribution is 0.800. The first-order chi connectivity index (χ1) is 8.40. The fraction of sp³-hybridized carbons (Fsp3) is 0.250. The van der Waals surface area contributed by atoms with Gasteiger partial charge in [0.15, 0.2) is 0 Å². The normalized spacial score (nSPS) is 10.4. The summed E-state index contributed by atoms with van der Waals surface area (Å²) in [6, 6.07) is 19.3. The van der Waals surface area contributed by atoms with Gasteiger partial charge in [-0.1, -0.05) is 54.6 Å². The second-order valence-corrected chi connectivity index (χ2v) is 4.59. The molecule has 0 radical (unpaired) electrons. The van der Waals surface area contributed by atoms with E-state index < -0.39 is 0 Å². The molecule has 1 heteroatoms. The van der Waals surface area contributed by atoms with E-state index in [-0.39, 0.29) is 0 Å². The summed E-state index contributed by atoms with van der Waals surface area (Å²) in [5.74, 6) is 0.762. The molecule has 0 N–H and O–H groups in total. The van der Waals surface area contributed by atoms with E-state index in [0.717, 1.165) is 18.7 Å². The zero-order chi connectivity index (χ0) is 11.9. The Bertz CT molecular complexity index is 448. The van der Waals surface area contributed by atoms with Crippen molar-refractivity contribution >= 4 is 11.6 Å². The zero-order valence-electron chi connectivity index (χ0n) is 9.90. The molecule has 0 unspecified atom stereocenters. The lowest BCUT2D eigenvalue weighted by Crippen LogP contribution is -1.87. The number of hydrogen-bond donors (Lipinski definition) is 0. The fourth-order valence-electron chi connectivity index (χ4n) is 1.96. The van der Waals surface area contributed by atoms with Crippen molar-refractivity contribution in [3.63, 3.8) is 0 Å². The molecule has 88 valence electrons. The quantitative estimate of drug-likeness (QED) is 0.518. The maximum absolute atomic E-state index is 5.69. The van der Waals surface area contributed by atoms with E-state index in [1.807, 2.05) is 6.07 Å². The molecule has 0 heterocycles. The molecule has 0 aliphatic rings. The van der Waals surface area contributed by atoms with Gasteiger partial charge in [0.1, 0.15) is 0 Å². The second kappa shape index (κ2) is 6.46. The molecular formula is C16H17Cl. The lowest BCUT2D eigenvalue weighted by atomic mass is 10.0. The molecule has 0 nitrogen and oxygen atoms in total. The first kappa shape index (κ1) is 12.2. The van der Waals surface area contributed by atoms with Crippen molar-refractivity contribution in [2.45, 2.75) is 19.3 Å². The van der Waals surface area contributed by atoms with Crippen molar-refractivity contribution < 1.29 is 0 Å². The summed E-state index contributed by atoms with van der Waals surface area (Å²) in [5.41, 5.74) is 3.98. The first-order valence-corrected chi connectivity index (χ1v) is 6.64. The molecule has 0 aromatic heterocycles. The van der Waals surface area contributed by atoms with Crippen LogP contribution in [0.15, 0.2) is 54.6 Å². The third kappa shape index (κ3) is 3.61. The number of unbranched alkanes of at least 4 members (excludes halogenated alkanes) is 1. The molecule has 2 aromatic carbocycles. The van der Waals surface area contributed by atoms with Gasteiger partial charge in [-0.2, -0.15) is 0 Å². The Morgan fingerprint density at radius 1 is 0.765 bits per heavy atom. The highest BCUT2D eigenvalue weighted by atomic mass is 35.5. The van der Waals surface area contributed by atoms with Crippen LogP contribution in [0.25, 0.3) is 11.1 Å². The van der Waals surface area contributed by atoms with Gasteiger partial charge in [-0.3, -0.25) is 0 Å². The lowest BCUT2D eigenvalue weighted by Gasteiger charge is -2.05. The van der Waals surface area contributed by atoms with Gasteiger partial charge < -0.3 is 0 Å². The van der Waals surface area contributed by atoms with Crippen LogP contribution >= 0.6 is 11.6 Å². The molecule has 2 rings (SSSR count). The number of rotatable bonds is 5. The minimum absolute atomic E-state index is 0.762. The molecule has 0 spiro atoms. The van der Waals surface area contributed by atoms with Crippen molar-refractivity contribution in [3.05, 3.63) is 60.2 Å². The van der Waals surface area contributed by atoms with Crippen LogP contribution in [0.2, 0.25) is 0 Å². The molecule has 2 aromatic rings. The zero-order valence-corrected chi connectivity index (χ0v) is 10.7. The molecular weight excluding hydrogens is 228 g/mol. The number of hydrogen-bond acceptors (Lipinski definition) is 0. The standard InChI is InChI=1S/C16H17Cl/c17-12-5-4-7-14-8-6-11-16(13-14)15-9-2-1-3-10-15/h1-3,6,8-11,13H,4-5,7,12H2. The van der Waals surface area contributed by atoms with Gasteiger partial charge in [0.05, 0.1) is 0 Å². The highest BCUT2D eigenvalue weighted by Gasteiger charge is 1.98. The van der Waals surface area contributed by atoms with Gasteiger partial charge in [-0.25, -0.2) is 0 Å². The van der Waals surface area contributed by atoms with E-state index in [4.69, 9.17) is 11.6 Å². The SMILES string of the molecule is ClCCCCc1cccc(-c2ccccc2)c1. The van der Waals surface area contributed by atoms with Gasteiger partial charge in [0.25, 0.3) is 0 Å². The molecule has 0 amide bonds. The third-order valence-corrected chi connectivity index (χ3v) is 3.15. The van der Waals surface area contributed by atoms with E-state index >= 15 is 0 Å². The second-order valence-electron chi connectivity index (χ2n) is 4.21. The summed E-state index contributed by atoms with van der Waals surface area (Å²) in [4.78, 5) is 0. The summed E-state index contributed by atoms with van der Waals surface area (Å²) < 4.78 is 0. The van der Waals surface area contributed by atoms with Crippen LogP contribution in [0, 0.1) is 0 Å². The number of halogens is 1. The van der Waals surface area contributed by atoms with Gasteiger partial charge in [0.2, 0.25) is 0 Å². The number of alkyl halides is 1. The molecule has 0 aliphatic carbocycles. The fourth-order valence-corrected chi connectivity index (χ4v) is 2.15. The van der Waals surface area contributed by atoms with E-state index in [2.05, 4.69) is 48.5 Å². The van der Waals surface area contributed by atoms with Crippen LogP contribution in [-0.4, -0.2) is 5.88 Å². The van der Waals surface area contributed by atoms with Gasteiger partial charge in [-0.05, 0) is 36.0 Å². The minimum Gasteiger partial charge on any atom is -0.127 e. The first-order valence-electron chi connectivity index (χ1n) is 6.10. The summed E-state index contributed by atoms with van der Waals surface area (Å²) in [7, 11) is 0. The third-order valence-electron chi connectivity index (χ3n) is 2.88. The molecule has 0 bridgehead atoms. The predicted molar refractivity (Wildman–Crippen MR) is 75.5 cm³/mol. The summed E-state index contributed by atoms with van der Waals surface area (Å²) in [6.07, 6.45) is 3.38. The maximum atomic E-state index is 5.69. The van der Waals surface area contributed by atoms with Crippen molar-refractivity contribution in [2.75, 3.05) is 5.88 Å². The Kier molecular flexibility index (Phi) is 4.63. The summed E-state index contributed by atoms with van der Waals surface area (Å²) >= 11 is 5.69. The molecule has 0 atom stereocenters. The average molecular weight is 245 g/mol. The Morgan fingerprint density at radius 3 is 2.29 bits per heavy atom. The van der Waals surface area contributed by atoms with E-state index in [1.54, 1.807) is 0 Å². The molecule has 0 aliphatic heterocycles. The maximum Gasteiger partial charge on any atom is 0.0223 e. The number of benzene rings is 2. The van der Waals surface area contributed by atoms with Gasteiger partial charge in [0, 0.05) is 5.88 Å². The van der Waals surface area contributed by atoms with Crippen LogP contribution in [0.1, 0.15) is 18.4 Å². The number of aryl methyl sites for hydroxylation is 1. The van der Waals surface area contributed by atoms with Gasteiger partial charge in [-0.15, -0.1) is 11.6 Å². The highest BCUT2D eigenvalue weighted by Crippen LogP contribution is 2.20. The van der Waals surface area contributed by atoms with E-state index in [1.165, 1.54) is 23.1 Å². The van der Waals surface area contributed by atoms with Crippen LogP contribution in [0.3, 0.4) is 0 Å². The molecule has 0 fully saturated rings. The van der Waals surface area contributed by atoms with E-state index in [0.29, 0.717) is 0 Å². The average Bonchev–Trinajstić information content (AvgIpc) is 2.41.